The average molecular weight is 307 g/mol. The number of para-hydroxylation sites is 1. The van der Waals surface area contributed by atoms with Crippen LogP contribution in [0.15, 0.2) is 24.3 Å². The van der Waals surface area contributed by atoms with Gasteiger partial charge < -0.3 is 10.2 Å². The minimum atomic E-state index is 0. The molecule has 114 valence electrons. The van der Waals surface area contributed by atoms with Gasteiger partial charge in [0.25, 0.3) is 0 Å². The van der Waals surface area contributed by atoms with Crippen molar-refractivity contribution in [2.24, 2.45) is 5.92 Å². The highest BCUT2D eigenvalue weighted by molar-refractivity contribution is 5.85. The summed E-state index contributed by atoms with van der Waals surface area (Å²) in [6.07, 6.45) is 5.69. The molecule has 4 rings (SSSR count). The molecular formula is C17H23ClN2O. The summed E-state index contributed by atoms with van der Waals surface area (Å²) < 4.78 is 0. The Labute approximate surface area is 132 Å². The number of piperidine rings is 1. The van der Waals surface area contributed by atoms with Crippen LogP contribution in [0.5, 0.6) is 0 Å². The Morgan fingerprint density at radius 3 is 2.57 bits per heavy atom. The lowest BCUT2D eigenvalue weighted by atomic mass is 9.74. The predicted molar refractivity (Wildman–Crippen MR) is 87.0 cm³/mol. The van der Waals surface area contributed by atoms with Gasteiger partial charge in [0, 0.05) is 36.7 Å². The number of nitrogens with one attached hydrogen (secondary N) is 1. The van der Waals surface area contributed by atoms with E-state index in [1.165, 1.54) is 17.7 Å². The number of nitrogens with zero attached hydrogens (tertiary/aromatic N) is 1. The molecule has 3 aliphatic rings. The Morgan fingerprint density at radius 2 is 1.90 bits per heavy atom. The van der Waals surface area contributed by atoms with Crippen molar-refractivity contribution >= 4 is 24.0 Å². The molecule has 2 aliphatic heterocycles. The molecule has 0 bridgehead atoms. The van der Waals surface area contributed by atoms with Crippen LogP contribution in [0.1, 0.15) is 37.7 Å². The molecule has 21 heavy (non-hydrogen) atoms. The topological polar surface area (TPSA) is 32.3 Å². The number of anilines is 1. The lowest BCUT2D eigenvalue weighted by Crippen LogP contribution is -2.48. The summed E-state index contributed by atoms with van der Waals surface area (Å²) in [7, 11) is 0. The van der Waals surface area contributed by atoms with E-state index in [-0.39, 0.29) is 17.8 Å². The number of fused-ring (bicyclic) bond motifs is 2. The van der Waals surface area contributed by atoms with E-state index < -0.39 is 0 Å². The molecule has 1 saturated carbocycles. The minimum absolute atomic E-state index is 0. The molecule has 1 aromatic rings. The predicted octanol–water partition coefficient (Wildman–Crippen LogP) is 3.19. The largest absolute Gasteiger partial charge is 0.384 e. The van der Waals surface area contributed by atoms with Crippen LogP contribution in [-0.4, -0.2) is 30.4 Å². The highest BCUT2D eigenvalue weighted by Crippen LogP contribution is 2.44. The van der Waals surface area contributed by atoms with Crippen LogP contribution in [0, 0.1) is 5.92 Å². The normalized spacial score (nSPS) is 23.0. The van der Waals surface area contributed by atoms with Crippen LogP contribution < -0.4 is 5.32 Å². The first kappa shape index (κ1) is 14.7. The molecule has 0 atom stereocenters. The Kier molecular flexibility index (Phi) is 3.87. The molecule has 1 saturated heterocycles. The number of rotatable bonds is 1. The number of likely N-dealkylation sites (tertiary alicyclic amines) is 1. The fraction of sp³-hybridized carbons (Fsp3) is 0.588. The summed E-state index contributed by atoms with van der Waals surface area (Å²) in [6.45, 7) is 2.91. The molecule has 3 nitrogen and oxygen atoms in total. The number of amides is 1. The number of halogens is 1. The lowest BCUT2D eigenvalue weighted by Gasteiger charge is -2.41. The quantitative estimate of drug-likeness (QED) is 0.864. The van der Waals surface area contributed by atoms with Gasteiger partial charge in [-0.2, -0.15) is 0 Å². The number of hydrogen-bond acceptors (Lipinski definition) is 2. The fourth-order valence-corrected chi connectivity index (χ4v) is 3.97. The van der Waals surface area contributed by atoms with Gasteiger partial charge in [-0.15, -0.1) is 12.4 Å². The van der Waals surface area contributed by atoms with Crippen molar-refractivity contribution < 1.29 is 4.79 Å². The van der Waals surface area contributed by atoms with Crippen LogP contribution in [0.4, 0.5) is 5.69 Å². The maximum atomic E-state index is 12.3. The van der Waals surface area contributed by atoms with E-state index in [1.54, 1.807) is 0 Å². The Balaban J connectivity index is 0.00000132. The third-order valence-electron chi connectivity index (χ3n) is 5.60. The Bertz CT molecular complexity index is 533. The lowest BCUT2D eigenvalue weighted by molar-refractivity contribution is -0.139. The van der Waals surface area contributed by atoms with Crippen molar-refractivity contribution in [2.45, 2.75) is 37.5 Å². The summed E-state index contributed by atoms with van der Waals surface area (Å²) >= 11 is 0. The average Bonchev–Trinajstić information content (AvgIpc) is 2.77. The molecule has 1 N–H and O–H groups in total. The maximum Gasteiger partial charge on any atom is 0.225 e. The van der Waals surface area contributed by atoms with Crippen molar-refractivity contribution in [3.8, 4) is 0 Å². The third kappa shape index (κ3) is 2.32. The monoisotopic (exact) mass is 306 g/mol. The fourth-order valence-electron chi connectivity index (χ4n) is 3.97. The number of hydrogen-bond donors (Lipinski definition) is 1. The SMILES string of the molecule is Cl.O=C(C1CCC1)N1CCC2(CC1)CNc1ccccc12. The molecule has 1 spiro atoms. The summed E-state index contributed by atoms with van der Waals surface area (Å²) in [5, 5.41) is 3.55. The summed E-state index contributed by atoms with van der Waals surface area (Å²) in [4.78, 5) is 14.5. The highest BCUT2D eigenvalue weighted by atomic mass is 35.5. The van der Waals surface area contributed by atoms with Crippen LogP contribution in [-0.2, 0) is 10.2 Å². The standard InChI is InChI=1S/C17H22N2O.ClH/c20-16(13-4-3-5-13)19-10-8-17(9-11-19)12-18-15-7-2-1-6-14(15)17;/h1-2,6-7,13,18H,3-5,8-12H2;1H. The van der Waals surface area contributed by atoms with Crippen molar-refractivity contribution in [3.05, 3.63) is 29.8 Å². The van der Waals surface area contributed by atoms with Gasteiger partial charge in [0.05, 0.1) is 0 Å². The summed E-state index contributed by atoms with van der Waals surface area (Å²) in [5.74, 6) is 0.767. The molecule has 1 aliphatic carbocycles. The molecule has 1 amide bonds. The van der Waals surface area contributed by atoms with E-state index in [9.17, 15) is 4.79 Å². The second-order valence-electron chi connectivity index (χ2n) is 6.63. The number of benzene rings is 1. The minimum Gasteiger partial charge on any atom is -0.384 e. The van der Waals surface area contributed by atoms with Gasteiger partial charge in [0.1, 0.15) is 0 Å². The molecule has 4 heteroatoms. The first-order valence-corrected chi connectivity index (χ1v) is 7.91. The molecule has 2 heterocycles. The van der Waals surface area contributed by atoms with Gasteiger partial charge in [0.15, 0.2) is 0 Å². The molecule has 0 unspecified atom stereocenters. The summed E-state index contributed by atoms with van der Waals surface area (Å²) in [5.41, 5.74) is 3.04. The highest BCUT2D eigenvalue weighted by Gasteiger charge is 2.43. The molecular weight excluding hydrogens is 284 g/mol. The van der Waals surface area contributed by atoms with E-state index >= 15 is 0 Å². The molecule has 2 fully saturated rings. The van der Waals surface area contributed by atoms with Crippen LogP contribution in [0.2, 0.25) is 0 Å². The van der Waals surface area contributed by atoms with Crippen LogP contribution >= 0.6 is 12.4 Å². The van der Waals surface area contributed by atoms with E-state index in [0.29, 0.717) is 11.8 Å². The van der Waals surface area contributed by atoms with Gasteiger partial charge in [0.2, 0.25) is 5.91 Å². The Hall–Kier alpha value is -1.22. The number of carbonyl (C=O) groups is 1. The van der Waals surface area contributed by atoms with Gasteiger partial charge in [-0.1, -0.05) is 24.6 Å². The Morgan fingerprint density at radius 1 is 1.19 bits per heavy atom. The van der Waals surface area contributed by atoms with Crippen molar-refractivity contribution in [1.29, 1.82) is 0 Å². The zero-order valence-electron chi connectivity index (χ0n) is 12.3. The van der Waals surface area contributed by atoms with Crippen molar-refractivity contribution in [2.75, 3.05) is 25.0 Å². The van der Waals surface area contributed by atoms with Crippen molar-refractivity contribution in [3.63, 3.8) is 0 Å². The van der Waals surface area contributed by atoms with Crippen LogP contribution in [0.25, 0.3) is 0 Å². The number of carbonyl (C=O) groups excluding carboxylic acids is 1. The van der Waals surface area contributed by atoms with Gasteiger partial charge in [-0.25, -0.2) is 0 Å². The van der Waals surface area contributed by atoms with Gasteiger partial charge in [-0.05, 0) is 37.3 Å². The van der Waals surface area contributed by atoms with E-state index in [0.717, 1.165) is 45.3 Å². The first-order chi connectivity index (χ1) is 9.78. The maximum absolute atomic E-state index is 12.3. The van der Waals surface area contributed by atoms with Gasteiger partial charge in [-0.3, -0.25) is 4.79 Å². The zero-order chi connectivity index (χ0) is 13.6. The van der Waals surface area contributed by atoms with Crippen molar-refractivity contribution in [1.82, 2.24) is 4.90 Å². The zero-order valence-corrected chi connectivity index (χ0v) is 13.1. The van der Waals surface area contributed by atoms with E-state index in [2.05, 4.69) is 34.5 Å². The smallest absolute Gasteiger partial charge is 0.225 e. The molecule has 0 radical (unpaired) electrons. The summed E-state index contributed by atoms with van der Waals surface area (Å²) in [6, 6.07) is 8.67. The first-order valence-electron chi connectivity index (χ1n) is 7.91. The van der Waals surface area contributed by atoms with Crippen LogP contribution in [0.3, 0.4) is 0 Å². The second kappa shape index (κ2) is 5.53. The second-order valence-corrected chi connectivity index (χ2v) is 6.63. The molecule has 1 aromatic carbocycles. The van der Waals surface area contributed by atoms with E-state index in [1.807, 2.05) is 0 Å². The third-order valence-corrected chi connectivity index (χ3v) is 5.60. The molecule has 0 aromatic heterocycles. The van der Waals surface area contributed by atoms with Gasteiger partial charge >= 0.3 is 0 Å². The van der Waals surface area contributed by atoms with E-state index in [4.69, 9.17) is 0 Å².